The number of amides is 1. The first-order chi connectivity index (χ1) is 14.0. The van der Waals surface area contributed by atoms with Crippen molar-refractivity contribution in [2.24, 2.45) is 0 Å². The zero-order valence-corrected chi connectivity index (χ0v) is 17.8. The van der Waals surface area contributed by atoms with Crippen LogP contribution in [-0.2, 0) is 4.79 Å². The molecule has 0 radical (unpaired) electrons. The van der Waals surface area contributed by atoms with Crippen molar-refractivity contribution < 1.29 is 14.3 Å². The smallest absolute Gasteiger partial charge is 0.244 e. The molecule has 1 aromatic carbocycles. The molecule has 3 rings (SSSR count). The van der Waals surface area contributed by atoms with E-state index in [0.29, 0.717) is 16.5 Å². The third-order valence-corrected chi connectivity index (χ3v) is 5.42. The molecule has 1 amide bonds. The maximum absolute atomic E-state index is 12.3. The number of carbonyl (C=O) groups excluding carboxylic acids is 1. The summed E-state index contributed by atoms with van der Waals surface area (Å²) in [6.45, 7) is 1.90. The maximum Gasteiger partial charge on any atom is 0.244 e. The molecule has 0 spiro atoms. The Balaban J connectivity index is 1.66. The molecule has 6 nitrogen and oxygen atoms in total. The SMILES string of the molecule is COc1cc(C=CC(=O)NC(C)c2nc(-c3ccncc3)cs2)cc(Cl)c1OC. The van der Waals surface area contributed by atoms with Gasteiger partial charge in [-0.2, -0.15) is 0 Å². The zero-order valence-electron chi connectivity index (χ0n) is 16.2. The zero-order chi connectivity index (χ0) is 20.8. The molecule has 0 saturated heterocycles. The highest BCUT2D eigenvalue weighted by Crippen LogP contribution is 2.36. The molecule has 1 atom stereocenters. The van der Waals surface area contributed by atoms with Gasteiger partial charge in [0.1, 0.15) is 5.01 Å². The lowest BCUT2D eigenvalue weighted by atomic mass is 10.2. The Bertz CT molecular complexity index is 1020. The van der Waals surface area contributed by atoms with Crippen LogP contribution in [0.25, 0.3) is 17.3 Å². The van der Waals surface area contributed by atoms with Gasteiger partial charge in [0.2, 0.25) is 5.91 Å². The third-order valence-electron chi connectivity index (χ3n) is 4.11. The predicted octanol–water partition coefficient (Wildman–Crippen LogP) is 4.77. The molecule has 2 heterocycles. The Morgan fingerprint density at radius 3 is 2.69 bits per heavy atom. The summed E-state index contributed by atoms with van der Waals surface area (Å²) in [5, 5.41) is 6.12. The first-order valence-corrected chi connectivity index (χ1v) is 10.0. The van der Waals surface area contributed by atoms with Crippen molar-refractivity contribution in [3.8, 4) is 22.8 Å². The lowest BCUT2D eigenvalue weighted by Crippen LogP contribution is -2.24. The fourth-order valence-corrected chi connectivity index (χ4v) is 3.80. The number of methoxy groups -OCH3 is 2. The van der Waals surface area contributed by atoms with Crippen molar-refractivity contribution in [1.29, 1.82) is 0 Å². The van der Waals surface area contributed by atoms with Crippen molar-refractivity contribution in [2.75, 3.05) is 14.2 Å². The van der Waals surface area contributed by atoms with Gasteiger partial charge in [-0.3, -0.25) is 9.78 Å². The molecule has 1 N–H and O–H groups in total. The number of hydrogen-bond donors (Lipinski definition) is 1. The van der Waals surface area contributed by atoms with E-state index in [1.807, 2.05) is 24.4 Å². The molecule has 1 unspecified atom stereocenters. The van der Waals surface area contributed by atoms with E-state index in [4.69, 9.17) is 21.1 Å². The number of rotatable bonds is 7. The minimum atomic E-state index is -0.232. The molecule has 150 valence electrons. The Kier molecular flexibility index (Phi) is 6.85. The van der Waals surface area contributed by atoms with Crippen LogP contribution in [-0.4, -0.2) is 30.1 Å². The summed E-state index contributed by atoms with van der Waals surface area (Å²) in [7, 11) is 3.05. The summed E-state index contributed by atoms with van der Waals surface area (Å²) >= 11 is 7.70. The monoisotopic (exact) mass is 429 g/mol. The van der Waals surface area contributed by atoms with Gasteiger partial charge in [0.15, 0.2) is 11.5 Å². The van der Waals surface area contributed by atoms with E-state index < -0.39 is 0 Å². The number of benzene rings is 1. The van der Waals surface area contributed by atoms with Crippen molar-refractivity contribution in [1.82, 2.24) is 15.3 Å². The van der Waals surface area contributed by atoms with Gasteiger partial charge in [0.05, 0.1) is 31.0 Å². The van der Waals surface area contributed by atoms with Crippen molar-refractivity contribution in [2.45, 2.75) is 13.0 Å². The van der Waals surface area contributed by atoms with Crippen LogP contribution >= 0.6 is 22.9 Å². The lowest BCUT2D eigenvalue weighted by molar-refractivity contribution is -0.117. The molecule has 29 heavy (non-hydrogen) atoms. The van der Waals surface area contributed by atoms with E-state index in [-0.39, 0.29) is 11.9 Å². The number of hydrogen-bond acceptors (Lipinski definition) is 6. The minimum absolute atomic E-state index is 0.221. The van der Waals surface area contributed by atoms with Crippen molar-refractivity contribution in [3.05, 3.63) is 63.7 Å². The number of thiazole rings is 1. The number of carbonyl (C=O) groups is 1. The first-order valence-electron chi connectivity index (χ1n) is 8.77. The summed E-state index contributed by atoms with van der Waals surface area (Å²) in [5.74, 6) is 0.724. The third kappa shape index (κ3) is 5.13. The van der Waals surface area contributed by atoms with E-state index in [1.54, 1.807) is 30.6 Å². The van der Waals surface area contributed by atoms with Crippen LogP contribution in [0.5, 0.6) is 11.5 Å². The number of pyridine rings is 1. The van der Waals surface area contributed by atoms with Gasteiger partial charge in [0.25, 0.3) is 0 Å². The van der Waals surface area contributed by atoms with Crippen LogP contribution in [0.15, 0.2) is 48.1 Å². The van der Waals surface area contributed by atoms with Crippen LogP contribution in [0.1, 0.15) is 23.5 Å². The largest absolute Gasteiger partial charge is 0.493 e. The number of aromatic nitrogens is 2. The van der Waals surface area contributed by atoms with Gasteiger partial charge in [-0.25, -0.2) is 4.98 Å². The summed E-state index contributed by atoms with van der Waals surface area (Å²) < 4.78 is 10.5. The minimum Gasteiger partial charge on any atom is -0.493 e. The van der Waals surface area contributed by atoms with Gasteiger partial charge in [0, 0.05) is 29.4 Å². The maximum atomic E-state index is 12.3. The molecule has 0 aliphatic heterocycles. The molecule has 2 aromatic heterocycles. The molecule has 0 bridgehead atoms. The van der Waals surface area contributed by atoms with E-state index in [9.17, 15) is 4.79 Å². The Morgan fingerprint density at radius 1 is 1.24 bits per heavy atom. The van der Waals surface area contributed by atoms with Gasteiger partial charge >= 0.3 is 0 Å². The van der Waals surface area contributed by atoms with Crippen LogP contribution < -0.4 is 14.8 Å². The number of halogens is 1. The average molecular weight is 430 g/mol. The summed E-state index contributed by atoms with van der Waals surface area (Å²) in [6.07, 6.45) is 6.57. The predicted molar refractivity (Wildman–Crippen MR) is 115 cm³/mol. The molecule has 8 heteroatoms. The van der Waals surface area contributed by atoms with Crippen LogP contribution in [0.4, 0.5) is 0 Å². The van der Waals surface area contributed by atoms with E-state index >= 15 is 0 Å². The lowest BCUT2D eigenvalue weighted by Gasteiger charge is -2.11. The Hall–Kier alpha value is -2.90. The highest BCUT2D eigenvalue weighted by Gasteiger charge is 2.13. The standard InChI is InChI=1S/C21H20ClN3O3S/c1-13(21-25-17(12-29-21)15-6-8-23-9-7-15)24-19(26)5-4-14-10-16(22)20(28-3)18(11-14)27-2/h4-13H,1-3H3,(H,24,26). The second-order valence-electron chi connectivity index (χ2n) is 6.11. The molecular formula is C21H20ClN3O3S. The first kappa shape index (κ1) is 20.8. The Morgan fingerprint density at radius 2 is 2.00 bits per heavy atom. The van der Waals surface area contributed by atoms with Crippen LogP contribution in [0, 0.1) is 0 Å². The molecular weight excluding hydrogens is 410 g/mol. The number of nitrogens with one attached hydrogen (secondary N) is 1. The van der Waals surface area contributed by atoms with Crippen molar-refractivity contribution in [3.63, 3.8) is 0 Å². The van der Waals surface area contributed by atoms with E-state index in [1.165, 1.54) is 31.6 Å². The highest BCUT2D eigenvalue weighted by molar-refractivity contribution is 7.10. The second-order valence-corrected chi connectivity index (χ2v) is 7.41. The molecule has 0 aliphatic carbocycles. The molecule has 0 fully saturated rings. The van der Waals surface area contributed by atoms with Crippen LogP contribution in [0.3, 0.4) is 0 Å². The Labute approximate surface area is 178 Å². The van der Waals surface area contributed by atoms with E-state index in [0.717, 1.165) is 21.8 Å². The van der Waals surface area contributed by atoms with Gasteiger partial charge in [-0.1, -0.05) is 11.6 Å². The molecule has 0 aliphatic rings. The summed E-state index contributed by atoms with van der Waals surface area (Å²) in [6, 6.07) is 7.04. The quantitative estimate of drug-likeness (QED) is 0.548. The average Bonchev–Trinajstić information content (AvgIpc) is 3.23. The number of nitrogens with zero attached hydrogens (tertiary/aromatic N) is 2. The normalized spacial score (nSPS) is 12.0. The summed E-state index contributed by atoms with van der Waals surface area (Å²) in [5.41, 5.74) is 2.58. The van der Waals surface area contributed by atoms with E-state index in [2.05, 4.69) is 15.3 Å². The van der Waals surface area contributed by atoms with Crippen LogP contribution in [0.2, 0.25) is 5.02 Å². The highest BCUT2D eigenvalue weighted by atomic mass is 35.5. The number of ether oxygens (including phenoxy) is 2. The fourth-order valence-electron chi connectivity index (χ4n) is 2.67. The van der Waals surface area contributed by atoms with Crippen molar-refractivity contribution >= 4 is 34.9 Å². The van der Waals surface area contributed by atoms with Gasteiger partial charge < -0.3 is 14.8 Å². The van der Waals surface area contributed by atoms with Gasteiger partial charge in [-0.15, -0.1) is 11.3 Å². The van der Waals surface area contributed by atoms with Gasteiger partial charge in [-0.05, 0) is 42.8 Å². The fraction of sp³-hybridized carbons (Fsp3) is 0.190. The molecule has 3 aromatic rings. The molecule has 0 saturated carbocycles. The second kappa shape index (κ2) is 9.54. The summed E-state index contributed by atoms with van der Waals surface area (Å²) in [4.78, 5) is 20.9. The topological polar surface area (TPSA) is 73.3 Å².